The highest BCUT2D eigenvalue weighted by Gasteiger charge is 2.49. The third-order valence-electron chi connectivity index (χ3n) is 9.09. The van der Waals surface area contributed by atoms with E-state index in [9.17, 15) is 14.4 Å². The van der Waals surface area contributed by atoms with E-state index in [1.807, 2.05) is 0 Å². The highest BCUT2D eigenvalue weighted by molar-refractivity contribution is 8.00. The first-order valence-corrected chi connectivity index (χ1v) is 15.1. The van der Waals surface area contributed by atoms with Crippen LogP contribution in [0.25, 0.3) is 0 Å². The maximum Gasteiger partial charge on any atom is 0.325 e. The molecule has 0 aromatic carbocycles. The summed E-state index contributed by atoms with van der Waals surface area (Å²) in [7, 11) is 0. The minimum Gasteiger partial charge on any atom is -0.480 e. The Labute approximate surface area is 228 Å². The minimum atomic E-state index is -1.10. The zero-order valence-electron chi connectivity index (χ0n) is 22.7. The summed E-state index contributed by atoms with van der Waals surface area (Å²) >= 11 is 1.60. The molecule has 1 aromatic heterocycles. The third kappa shape index (κ3) is 5.84. The van der Waals surface area contributed by atoms with Crippen molar-refractivity contribution >= 4 is 29.5 Å². The van der Waals surface area contributed by atoms with Gasteiger partial charge in [0.25, 0.3) is 11.8 Å². The zero-order valence-corrected chi connectivity index (χ0v) is 23.5. The largest absolute Gasteiger partial charge is 0.480 e. The number of carboxylic acid groups (broad SMARTS) is 1. The summed E-state index contributed by atoms with van der Waals surface area (Å²) in [4.78, 5) is 38.0. The van der Waals surface area contributed by atoms with Gasteiger partial charge in [0.1, 0.15) is 17.5 Å². The third-order valence-corrected chi connectivity index (χ3v) is 10.5. The van der Waals surface area contributed by atoms with Crippen molar-refractivity contribution in [2.24, 2.45) is 29.1 Å². The van der Waals surface area contributed by atoms with Crippen LogP contribution in [-0.4, -0.2) is 52.0 Å². The maximum atomic E-state index is 13.6. The van der Waals surface area contributed by atoms with Gasteiger partial charge in [0.2, 0.25) is 11.7 Å². The second-order valence-electron chi connectivity index (χ2n) is 12.7. The molecule has 1 aromatic rings. The quantitative estimate of drug-likeness (QED) is 0.386. The van der Waals surface area contributed by atoms with Crippen molar-refractivity contribution in [1.29, 1.82) is 0 Å². The Morgan fingerprint density at radius 2 is 1.71 bits per heavy atom. The Morgan fingerprint density at radius 1 is 1.08 bits per heavy atom. The predicted molar refractivity (Wildman–Crippen MR) is 142 cm³/mol. The van der Waals surface area contributed by atoms with E-state index in [-0.39, 0.29) is 30.2 Å². The van der Waals surface area contributed by atoms with Gasteiger partial charge in [-0.2, -0.15) is 0 Å². The molecule has 210 valence electrons. The monoisotopic (exact) mass is 547 g/mol. The Bertz CT molecular complexity index is 1020. The van der Waals surface area contributed by atoms with Crippen LogP contribution in [0.3, 0.4) is 0 Å². The van der Waals surface area contributed by atoms with Crippen molar-refractivity contribution in [2.75, 3.05) is 6.61 Å². The van der Waals surface area contributed by atoms with Gasteiger partial charge in [0.05, 0.1) is 5.41 Å². The molecule has 0 saturated heterocycles. The molecule has 6 rings (SSSR count). The van der Waals surface area contributed by atoms with Crippen molar-refractivity contribution < 1.29 is 28.8 Å². The van der Waals surface area contributed by atoms with Crippen LogP contribution in [0.15, 0.2) is 9.42 Å². The van der Waals surface area contributed by atoms with Crippen LogP contribution in [0.4, 0.5) is 0 Å². The van der Waals surface area contributed by atoms with Crippen molar-refractivity contribution in [1.82, 2.24) is 15.8 Å². The van der Waals surface area contributed by atoms with Gasteiger partial charge in [-0.05, 0) is 94.5 Å². The summed E-state index contributed by atoms with van der Waals surface area (Å²) < 4.78 is 11.6. The fourth-order valence-corrected chi connectivity index (χ4v) is 8.44. The van der Waals surface area contributed by atoms with Crippen LogP contribution >= 0.6 is 11.8 Å². The lowest BCUT2D eigenvalue weighted by molar-refractivity contribution is -0.143. The Kier molecular flexibility index (Phi) is 7.99. The number of hydrogen-bond donors (Lipinski definition) is 3. The number of carbonyl (C=O) groups excluding carboxylic acids is 2. The molecule has 4 bridgehead atoms. The fourth-order valence-electron chi connectivity index (χ4n) is 7.10. The van der Waals surface area contributed by atoms with Gasteiger partial charge in [0.15, 0.2) is 0 Å². The van der Waals surface area contributed by atoms with E-state index in [0.717, 1.165) is 37.5 Å². The van der Waals surface area contributed by atoms with Crippen LogP contribution in [0.5, 0.6) is 5.88 Å². The first-order chi connectivity index (χ1) is 18.1. The van der Waals surface area contributed by atoms with Crippen molar-refractivity contribution in [3.8, 4) is 5.88 Å². The number of nitrogens with one attached hydrogen (secondary N) is 2. The van der Waals surface area contributed by atoms with Crippen LogP contribution < -0.4 is 15.4 Å². The Morgan fingerprint density at radius 3 is 2.32 bits per heavy atom. The van der Waals surface area contributed by atoms with Crippen LogP contribution in [0, 0.1) is 29.1 Å². The highest BCUT2D eigenvalue weighted by atomic mass is 32.2. The Balaban J connectivity index is 1.30. The molecular formula is C28H41N3O6S. The van der Waals surface area contributed by atoms with Crippen LogP contribution in [0.2, 0.25) is 0 Å². The standard InChI is InChI=1S/C28H41N3O6S/c1-15(26(33)34)29-27(35)28(2,3)14-36-25-23(38-20-7-5-4-6-8-20)22(37-31-25)24(32)30-21-18-10-16-9-17(12-18)13-19(21)11-16/h15-21H,4-14H2,1-3H3,(H,29,35)(H,30,32)(H,33,34)/t15-,16?,17?,18?,19?,21?/m1/s1. The first-order valence-electron chi connectivity index (χ1n) is 14.2. The van der Waals surface area contributed by atoms with Crippen LogP contribution in [0.1, 0.15) is 95.5 Å². The van der Waals surface area contributed by atoms with Crippen molar-refractivity contribution in [3.63, 3.8) is 0 Å². The molecule has 0 spiro atoms. The molecule has 3 N–H and O–H groups in total. The number of aliphatic carboxylic acids is 1. The van der Waals surface area contributed by atoms with E-state index in [1.54, 1.807) is 25.6 Å². The van der Waals surface area contributed by atoms with E-state index in [2.05, 4.69) is 15.8 Å². The summed E-state index contributed by atoms with van der Waals surface area (Å²) in [5.41, 5.74) is -1.02. The molecule has 5 saturated carbocycles. The molecule has 10 heteroatoms. The highest BCUT2D eigenvalue weighted by Crippen LogP contribution is 2.54. The lowest BCUT2D eigenvalue weighted by Crippen LogP contribution is -2.55. The SMILES string of the molecule is C[C@@H](NC(=O)C(C)(C)COc1noc(C(=O)NC2C3CC4CC(C3)CC2C4)c1SC1CCCCC1)C(=O)O. The molecule has 0 radical (unpaired) electrons. The Hall–Kier alpha value is -2.23. The van der Waals surface area contributed by atoms with Crippen molar-refractivity contribution in [3.05, 3.63) is 5.76 Å². The van der Waals surface area contributed by atoms with Gasteiger partial charge in [-0.25, -0.2) is 0 Å². The van der Waals surface area contributed by atoms with Crippen molar-refractivity contribution in [2.45, 2.75) is 107 Å². The molecule has 1 heterocycles. The lowest BCUT2D eigenvalue weighted by atomic mass is 9.54. The second-order valence-corrected chi connectivity index (χ2v) is 14.0. The summed E-state index contributed by atoms with van der Waals surface area (Å²) in [5.74, 6) is 1.42. The van der Waals surface area contributed by atoms with Gasteiger partial charge in [-0.1, -0.05) is 19.3 Å². The van der Waals surface area contributed by atoms with E-state index in [0.29, 0.717) is 22.0 Å². The second kappa shape index (κ2) is 11.1. The first kappa shape index (κ1) is 27.3. The van der Waals surface area contributed by atoms with Gasteiger partial charge in [-0.3, -0.25) is 14.4 Å². The number of rotatable bonds is 10. The number of nitrogens with zero attached hydrogens (tertiary/aromatic N) is 1. The summed E-state index contributed by atoms with van der Waals surface area (Å²) in [6.45, 7) is 4.75. The van der Waals surface area contributed by atoms with Crippen LogP contribution in [-0.2, 0) is 9.59 Å². The number of carboxylic acids is 1. The summed E-state index contributed by atoms with van der Waals surface area (Å²) in [5, 5.41) is 19.4. The van der Waals surface area contributed by atoms with Gasteiger partial charge >= 0.3 is 5.97 Å². The van der Waals surface area contributed by atoms with Gasteiger partial charge in [-0.15, -0.1) is 11.8 Å². The van der Waals surface area contributed by atoms with E-state index < -0.39 is 23.3 Å². The number of hydrogen-bond acceptors (Lipinski definition) is 7. The predicted octanol–water partition coefficient (Wildman–Crippen LogP) is 4.65. The smallest absolute Gasteiger partial charge is 0.325 e. The average molecular weight is 548 g/mol. The van der Waals surface area contributed by atoms with E-state index >= 15 is 0 Å². The zero-order chi connectivity index (χ0) is 27.0. The molecule has 0 unspecified atom stereocenters. The lowest BCUT2D eigenvalue weighted by Gasteiger charge is -2.54. The molecule has 38 heavy (non-hydrogen) atoms. The number of amides is 2. The number of thioether (sulfide) groups is 1. The molecule has 5 fully saturated rings. The van der Waals surface area contributed by atoms with E-state index in [1.165, 1.54) is 45.4 Å². The maximum absolute atomic E-state index is 13.6. The molecule has 0 aliphatic heterocycles. The van der Waals surface area contributed by atoms with Gasteiger partial charge in [0, 0.05) is 11.3 Å². The van der Waals surface area contributed by atoms with E-state index in [4.69, 9.17) is 14.4 Å². The number of aromatic nitrogens is 1. The molecule has 5 aliphatic rings. The average Bonchev–Trinajstić information content (AvgIpc) is 3.27. The molecule has 1 atom stereocenters. The topological polar surface area (TPSA) is 131 Å². The molecule has 5 aliphatic carbocycles. The summed E-state index contributed by atoms with van der Waals surface area (Å²) in [6.07, 6.45) is 11.9. The van der Waals surface area contributed by atoms with Gasteiger partial charge < -0.3 is 25.0 Å². The normalized spacial score (nSPS) is 29.6. The fraction of sp³-hybridized carbons (Fsp3) is 0.786. The molecular weight excluding hydrogens is 506 g/mol. The number of carbonyl (C=O) groups is 3. The summed E-state index contributed by atoms with van der Waals surface area (Å²) in [6, 6.07) is -0.817. The molecule has 2 amide bonds. The minimum absolute atomic E-state index is 0.0352. The number of ether oxygens (including phenoxy) is 1. The molecule has 9 nitrogen and oxygen atoms in total.